The van der Waals surface area contributed by atoms with Crippen molar-refractivity contribution in [1.82, 2.24) is 25.1 Å². The first kappa shape index (κ1) is 22.9. The van der Waals surface area contributed by atoms with Crippen LogP contribution in [-0.4, -0.2) is 51.1 Å². The van der Waals surface area contributed by atoms with Crippen molar-refractivity contribution in [2.75, 3.05) is 24.7 Å². The molecule has 31 heavy (non-hydrogen) atoms. The molecule has 0 spiro atoms. The SMILES string of the molecule is CSc1nc(NCC(C)C)c2cnn(CCNC(=O)c3ccc(OC(C)C)cc3)c2n1. The lowest BCUT2D eigenvalue weighted by atomic mass is 10.2. The van der Waals surface area contributed by atoms with Gasteiger partial charge >= 0.3 is 0 Å². The van der Waals surface area contributed by atoms with E-state index in [0.717, 1.165) is 29.1 Å². The molecule has 2 aromatic heterocycles. The van der Waals surface area contributed by atoms with Gasteiger partial charge in [-0.2, -0.15) is 5.10 Å². The van der Waals surface area contributed by atoms with Crippen LogP contribution in [0.2, 0.25) is 0 Å². The summed E-state index contributed by atoms with van der Waals surface area (Å²) in [5.74, 6) is 1.91. The molecule has 0 saturated carbocycles. The summed E-state index contributed by atoms with van der Waals surface area (Å²) >= 11 is 1.49. The van der Waals surface area contributed by atoms with Crippen molar-refractivity contribution in [3.8, 4) is 5.75 Å². The number of ether oxygens (including phenoxy) is 1. The Morgan fingerprint density at radius 2 is 1.90 bits per heavy atom. The number of hydrogen-bond acceptors (Lipinski definition) is 7. The van der Waals surface area contributed by atoms with Crippen LogP contribution in [0.15, 0.2) is 35.6 Å². The molecular formula is C22H30N6O2S. The number of rotatable bonds is 10. The van der Waals surface area contributed by atoms with Crippen LogP contribution in [0.3, 0.4) is 0 Å². The Morgan fingerprint density at radius 3 is 2.55 bits per heavy atom. The third-order valence-electron chi connectivity index (χ3n) is 4.43. The lowest BCUT2D eigenvalue weighted by Crippen LogP contribution is -2.27. The number of amides is 1. The van der Waals surface area contributed by atoms with Crippen LogP contribution in [0.25, 0.3) is 11.0 Å². The van der Waals surface area contributed by atoms with Gasteiger partial charge in [-0.3, -0.25) is 4.79 Å². The van der Waals surface area contributed by atoms with E-state index in [2.05, 4.69) is 39.5 Å². The highest BCUT2D eigenvalue weighted by Gasteiger charge is 2.13. The van der Waals surface area contributed by atoms with E-state index >= 15 is 0 Å². The van der Waals surface area contributed by atoms with Gasteiger partial charge in [0.1, 0.15) is 11.6 Å². The summed E-state index contributed by atoms with van der Waals surface area (Å²) in [7, 11) is 0. The number of carbonyl (C=O) groups is 1. The van der Waals surface area contributed by atoms with E-state index in [9.17, 15) is 4.79 Å². The van der Waals surface area contributed by atoms with Crippen LogP contribution >= 0.6 is 11.8 Å². The maximum absolute atomic E-state index is 12.5. The molecule has 0 aliphatic heterocycles. The van der Waals surface area contributed by atoms with Crippen LogP contribution in [-0.2, 0) is 6.54 Å². The second-order valence-electron chi connectivity index (χ2n) is 7.89. The van der Waals surface area contributed by atoms with Gasteiger partial charge in [-0.25, -0.2) is 14.6 Å². The summed E-state index contributed by atoms with van der Waals surface area (Å²) in [4.78, 5) is 21.7. The summed E-state index contributed by atoms with van der Waals surface area (Å²) in [5.41, 5.74) is 1.35. The number of anilines is 1. The van der Waals surface area contributed by atoms with E-state index in [1.165, 1.54) is 11.8 Å². The fourth-order valence-corrected chi connectivity index (χ4v) is 3.32. The maximum atomic E-state index is 12.5. The number of hydrogen-bond donors (Lipinski definition) is 2. The standard InChI is InChI=1S/C22H30N6O2S/c1-14(2)12-24-19-18-13-25-28(20(18)27-22(26-19)31-5)11-10-23-21(29)16-6-8-17(9-7-16)30-15(3)4/h6-9,13-15H,10-12H2,1-5H3,(H,23,29)(H,24,26,27). The Hall–Kier alpha value is -2.81. The largest absolute Gasteiger partial charge is 0.491 e. The number of nitrogens with one attached hydrogen (secondary N) is 2. The fraction of sp³-hybridized carbons (Fsp3) is 0.455. The van der Waals surface area contributed by atoms with E-state index in [1.54, 1.807) is 23.0 Å². The van der Waals surface area contributed by atoms with E-state index in [4.69, 9.17) is 4.74 Å². The van der Waals surface area contributed by atoms with Crippen LogP contribution < -0.4 is 15.4 Å². The van der Waals surface area contributed by atoms with Gasteiger partial charge in [-0.05, 0) is 50.3 Å². The first-order chi connectivity index (χ1) is 14.9. The summed E-state index contributed by atoms with van der Waals surface area (Å²) in [6, 6.07) is 7.15. The zero-order valence-corrected chi connectivity index (χ0v) is 19.5. The van der Waals surface area contributed by atoms with E-state index in [0.29, 0.717) is 29.7 Å². The molecule has 166 valence electrons. The molecule has 0 atom stereocenters. The van der Waals surface area contributed by atoms with Gasteiger partial charge in [0.2, 0.25) is 0 Å². The number of thioether (sulfide) groups is 1. The predicted molar refractivity (Wildman–Crippen MR) is 125 cm³/mol. The van der Waals surface area contributed by atoms with E-state index in [1.807, 2.05) is 32.2 Å². The molecule has 1 aromatic carbocycles. The molecule has 3 aromatic rings. The van der Waals surface area contributed by atoms with Crippen molar-refractivity contribution in [3.63, 3.8) is 0 Å². The summed E-state index contributed by atoms with van der Waals surface area (Å²) in [6.45, 7) is 10.0. The van der Waals surface area contributed by atoms with E-state index < -0.39 is 0 Å². The second-order valence-corrected chi connectivity index (χ2v) is 8.66. The van der Waals surface area contributed by atoms with Gasteiger partial charge in [0.15, 0.2) is 10.8 Å². The molecule has 0 bridgehead atoms. The number of nitrogens with zero attached hydrogens (tertiary/aromatic N) is 4. The van der Waals surface area contributed by atoms with Gasteiger partial charge in [0.05, 0.1) is 24.2 Å². The minimum absolute atomic E-state index is 0.0973. The smallest absolute Gasteiger partial charge is 0.251 e. The molecule has 2 N–H and O–H groups in total. The predicted octanol–water partition coefficient (Wildman–Crippen LogP) is 3.83. The van der Waals surface area contributed by atoms with Crippen LogP contribution in [0, 0.1) is 5.92 Å². The van der Waals surface area contributed by atoms with Crippen molar-refractivity contribution in [2.24, 2.45) is 5.92 Å². The Kier molecular flexibility index (Phi) is 7.73. The summed E-state index contributed by atoms with van der Waals surface area (Å²) in [6.07, 6.45) is 3.82. The zero-order valence-electron chi connectivity index (χ0n) is 18.7. The molecule has 1 amide bonds. The summed E-state index contributed by atoms with van der Waals surface area (Å²) < 4.78 is 7.42. The van der Waals surface area contributed by atoms with Gasteiger partial charge in [-0.15, -0.1) is 0 Å². The monoisotopic (exact) mass is 442 g/mol. The highest BCUT2D eigenvalue weighted by Crippen LogP contribution is 2.23. The van der Waals surface area contributed by atoms with Crippen LogP contribution in [0.4, 0.5) is 5.82 Å². The maximum Gasteiger partial charge on any atom is 0.251 e. The van der Waals surface area contributed by atoms with Crippen molar-refractivity contribution >= 4 is 34.5 Å². The number of aromatic nitrogens is 4. The second kappa shape index (κ2) is 10.5. The molecule has 0 fully saturated rings. The highest BCUT2D eigenvalue weighted by molar-refractivity contribution is 7.98. The number of carbonyl (C=O) groups excluding carboxylic acids is 1. The zero-order chi connectivity index (χ0) is 22.4. The van der Waals surface area contributed by atoms with Gasteiger partial charge in [0.25, 0.3) is 5.91 Å². The molecule has 9 heteroatoms. The van der Waals surface area contributed by atoms with Crippen molar-refractivity contribution in [1.29, 1.82) is 0 Å². The van der Waals surface area contributed by atoms with Crippen LogP contribution in [0.1, 0.15) is 38.1 Å². The van der Waals surface area contributed by atoms with E-state index in [-0.39, 0.29) is 12.0 Å². The summed E-state index contributed by atoms with van der Waals surface area (Å²) in [5, 5.41) is 12.4. The Balaban J connectivity index is 1.65. The van der Waals surface area contributed by atoms with Crippen molar-refractivity contribution in [3.05, 3.63) is 36.0 Å². The average Bonchev–Trinajstić information content (AvgIpc) is 3.15. The Bertz CT molecular complexity index is 1020. The van der Waals surface area contributed by atoms with Gasteiger partial charge in [0, 0.05) is 18.7 Å². The molecule has 0 radical (unpaired) electrons. The third kappa shape index (κ3) is 6.10. The third-order valence-corrected chi connectivity index (χ3v) is 4.98. The normalized spacial score (nSPS) is 11.3. The topological polar surface area (TPSA) is 94.0 Å². The molecule has 0 aliphatic carbocycles. The fourth-order valence-electron chi connectivity index (χ4n) is 2.96. The molecule has 0 saturated heterocycles. The molecule has 0 unspecified atom stereocenters. The number of fused-ring (bicyclic) bond motifs is 1. The Morgan fingerprint density at radius 1 is 1.16 bits per heavy atom. The number of benzene rings is 1. The van der Waals surface area contributed by atoms with Crippen molar-refractivity contribution < 1.29 is 9.53 Å². The lowest BCUT2D eigenvalue weighted by Gasteiger charge is -2.11. The minimum Gasteiger partial charge on any atom is -0.491 e. The average molecular weight is 443 g/mol. The molecule has 3 rings (SSSR count). The quantitative estimate of drug-likeness (QED) is 0.364. The van der Waals surface area contributed by atoms with Gasteiger partial charge in [-0.1, -0.05) is 25.6 Å². The first-order valence-electron chi connectivity index (χ1n) is 10.4. The van der Waals surface area contributed by atoms with Gasteiger partial charge < -0.3 is 15.4 Å². The lowest BCUT2D eigenvalue weighted by molar-refractivity contribution is 0.0952. The molecule has 0 aliphatic rings. The first-order valence-corrected chi connectivity index (χ1v) is 11.7. The van der Waals surface area contributed by atoms with Crippen LogP contribution in [0.5, 0.6) is 5.75 Å². The van der Waals surface area contributed by atoms with Crippen molar-refractivity contribution in [2.45, 2.75) is 45.5 Å². The molecule has 2 heterocycles. The minimum atomic E-state index is -0.133. The Labute approximate surface area is 187 Å². The highest BCUT2D eigenvalue weighted by atomic mass is 32.2. The molecular weight excluding hydrogens is 412 g/mol. The molecule has 8 nitrogen and oxygen atoms in total.